The van der Waals surface area contributed by atoms with Gasteiger partial charge in [-0.25, -0.2) is 4.79 Å². The van der Waals surface area contributed by atoms with Crippen molar-refractivity contribution in [3.8, 4) is 40.5 Å². The molecule has 3 aromatic carbocycles. The lowest BCUT2D eigenvalue weighted by Crippen LogP contribution is -2.00. The molecule has 0 saturated carbocycles. The summed E-state index contributed by atoms with van der Waals surface area (Å²) in [6.45, 7) is 2.99. The van der Waals surface area contributed by atoms with Gasteiger partial charge in [-0.2, -0.15) is 0 Å². The van der Waals surface area contributed by atoms with Crippen molar-refractivity contribution in [3.05, 3.63) is 89.5 Å². The van der Waals surface area contributed by atoms with Gasteiger partial charge in [0, 0.05) is 22.3 Å². The zero-order valence-electron chi connectivity index (χ0n) is 23.3. The lowest BCUT2D eigenvalue weighted by Gasteiger charge is -2.06. The van der Waals surface area contributed by atoms with Gasteiger partial charge in [-0.05, 0) is 79.2 Å². The second-order valence-electron chi connectivity index (χ2n) is 9.66. The van der Waals surface area contributed by atoms with Crippen LogP contribution in [0.2, 0.25) is 0 Å². The van der Waals surface area contributed by atoms with E-state index in [0.717, 1.165) is 41.0 Å². The average molecular weight is 537 g/mol. The summed E-state index contributed by atoms with van der Waals surface area (Å²) in [5.41, 5.74) is 3.82. The van der Waals surface area contributed by atoms with Crippen LogP contribution in [0.15, 0.2) is 77.2 Å². The third kappa shape index (κ3) is 8.57. The van der Waals surface area contributed by atoms with Gasteiger partial charge in [-0.15, -0.1) is 10.2 Å². The number of benzene rings is 3. The predicted molar refractivity (Wildman–Crippen MR) is 157 cm³/mol. The van der Waals surface area contributed by atoms with Crippen LogP contribution in [-0.2, 0) is 4.74 Å². The maximum Gasteiger partial charge on any atom is 0.337 e. The number of nitrogens with zero attached hydrogens (tertiary/aromatic N) is 2. The van der Waals surface area contributed by atoms with E-state index in [-0.39, 0.29) is 5.97 Å². The Kier molecular flexibility index (Phi) is 10.9. The first-order valence-electron chi connectivity index (χ1n) is 14.0. The SMILES string of the molecule is CCCCCCCCCCOc1ccc(-c2nnc(-c3ccc(C#Cc4ccc(C(=O)OC)cc4)cc3)o2)cc1. The molecule has 0 aliphatic carbocycles. The standard InChI is InChI=1S/C34H36N2O4/c1-3-4-5-6-7-8-9-10-25-39-31-23-21-29(22-24-31)33-36-35-32(40-33)28-17-13-26(14-18-28)11-12-27-15-19-30(20-16-27)34(37)38-2/h13-24H,3-10,25H2,1-2H3. The molecule has 1 aromatic heterocycles. The molecular formula is C34H36N2O4. The molecule has 0 aliphatic heterocycles. The largest absolute Gasteiger partial charge is 0.494 e. The van der Waals surface area contributed by atoms with Crippen molar-refractivity contribution in [1.29, 1.82) is 0 Å². The van der Waals surface area contributed by atoms with Gasteiger partial charge in [0.1, 0.15) is 5.75 Å². The number of ether oxygens (including phenoxy) is 2. The molecule has 0 N–H and O–H groups in total. The molecule has 0 atom stereocenters. The fourth-order valence-corrected chi connectivity index (χ4v) is 4.22. The number of carbonyl (C=O) groups excluding carboxylic acids is 1. The number of hydrogen-bond acceptors (Lipinski definition) is 6. The number of unbranched alkanes of at least 4 members (excludes halogenated alkanes) is 7. The molecule has 0 saturated heterocycles. The van der Waals surface area contributed by atoms with Gasteiger partial charge in [0.05, 0.1) is 19.3 Å². The molecule has 40 heavy (non-hydrogen) atoms. The number of rotatable bonds is 13. The highest BCUT2D eigenvalue weighted by atomic mass is 16.5. The van der Waals surface area contributed by atoms with Crippen LogP contribution < -0.4 is 4.74 Å². The van der Waals surface area contributed by atoms with Crippen molar-refractivity contribution in [2.75, 3.05) is 13.7 Å². The van der Waals surface area contributed by atoms with E-state index in [1.54, 1.807) is 24.3 Å². The summed E-state index contributed by atoms with van der Waals surface area (Å²) in [6, 6.07) is 22.4. The van der Waals surface area contributed by atoms with E-state index in [9.17, 15) is 4.79 Å². The van der Waals surface area contributed by atoms with Gasteiger partial charge >= 0.3 is 5.97 Å². The third-order valence-electron chi connectivity index (χ3n) is 6.58. The Labute approximate surface area is 236 Å². The zero-order valence-corrected chi connectivity index (χ0v) is 23.3. The summed E-state index contributed by atoms with van der Waals surface area (Å²) in [5.74, 6) is 7.62. The molecule has 1 heterocycles. The van der Waals surface area contributed by atoms with Crippen molar-refractivity contribution >= 4 is 5.97 Å². The quantitative estimate of drug-likeness (QED) is 0.0976. The highest BCUT2D eigenvalue weighted by molar-refractivity contribution is 5.89. The van der Waals surface area contributed by atoms with E-state index in [2.05, 4.69) is 29.0 Å². The van der Waals surface area contributed by atoms with E-state index in [1.807, 2.05) is 48.5 Å². The van der Waals surface area contributed by atoms with E-state index in [0.29, 0.717) is 17.3 Å². The van der Waals surface area contributed by atoms with Crippen LogP contribution in [0.4, 0.5) is 0 Å². The maximum atomic E-state index is 11.6. The molecule has 0 radical (unpaired) electrons. The third-order valence-corrected chi connectivity index (χ3v) is 6.58. The molecule has 0 amide bonds. The number of hydrogen-bond donors (Lipinski definition) is 0. The number of esters is 1. The van der Waals surface area contributed by atoms with E-state index >= 15 is 0 Å². The maximum absolute atomic E-state index is 11.6. The van der Waals surface area contributed by atoms with Crippen molar-refractivity contribution < 1.29 is 18.7 Å². The summed E-state index contributed by atoms with van der Waals surface area (Å²) < 4.78 is 16.5. The first kappa shape index (κ1) is 28.6. The first-order chi connectivity index (χ1) is 19.7. The summed E-state index contributed by atoms with van der Waals surface area (Å²) in [7, 11) is 1.36. The van der Waals surface area contributed by atoms with Gasteiger partial charge in [0.15, 0.2) is 0 Å². The van der Waals surface area contributed by atoms with Crippen LogP contribution in [0.3, 0.4) is 0 Å². The first-order valence-corrected chi connectivity index (χ1v) is 14.0. The Bertz CT molecular complexity index is 1400. The second kappa shape index (κ2) is 15.3. The minimum atomic E-state index is -0.366. The molecule has 4 rings (SSSR count). The Morgan fingerprint density at radius 3 is 1.75 bits per heavy atom. The molecule has 0 aliphatic rings. The van der Waals surface area contributed by atoms with Gasteiger partial charge < -0.3 is 13.9 Å². The Morgan fingerprint density at radius 2 is 1.20 bits per heavy atom. The van der Waals surface area contributed by atoms with Crippen LogP contribution in [0.25, 0.3) is 22.9 Å². The fourth-order valence-electron chi connectivity index (χ4n) is 4.22. The molecule has 6 heteroatoms. The topological polar surface area (TPSA) is 74.5 Å². The summed E-state index contributed by atoms with van der Waals surface area (Å²) in [5, 5.41) is 8.44. The Morgan fingerprint density at radius 1 is 0.700 bits per heavy atom. The second-order valence-corrected chi connectivity index (χ2v) is 9.66. The fraction of sp³-hybridized carbons (Fsp3) is 0.324. The minimum absolute atomic E-state index is 0.366. The molecular weight excluding hydrogens is 500 g/mol. The summed E-state index contributed by atoms with van der Waals surface area (Å²) in [4.78, 5) is 11.6. The van der Waals surface area contributed by atoms with Gasteiger partial charge in [0.2, 0.25) is 11.8 Å². The van der Waals surface area contributed by atoms with Crippen molar-refractivity contribution in [1.82, 2.24) is 10.2 Å². The normalized spacial score (nSPS) is 10.6. The highest BCUT2D eigenvalue weighted by Crippen LogP contribution is 2.26. The van der Waals surface area contributed by atoms with Crippen molar-refractivity contribution in [2.45, 2.75) is 58.3 Å². The lowest BCUT2D eigenvalue weighted by molar-refractivity contribution is 0.0600. The number of carbonyl (C=O) groups is 1. The number of aromatic nitrogens is 2. The van der Waals surface area contributed by atoms with Crippen LogP contribution >= 0.6 is 0 Å². The van der Waals surface area contributed by atoms with Crippen molar-refractivity contribution in [3.63, 3.8) is 0 Å². The van der Waals surface area contributed by atoms with E-state index in [1.165, 1.54) is 52.1 Å². The van der Waals surface area contributed by atoms with E-state index in [4.69, 9.17) is 13.9 Å². The van der Waals surface area contributed by atoms with Crippen LogP contribution in [0.5, 0.6) is 5.75 Å². The smallest absolute Gasteiger partial charge is 0.337 e. The molecule has 0 unspecified atom stereocenters. The van der Waals surface area contributed by atoms with Crippen LogP contribution in [-0.4, -0.2) is 29.9 Å². The minimum Gasteiger partial charge on any atom is -0.494 e. The zero-order chi connectivity index (χ0) is 28.0. The Hall–Kier alpha value is -4.37. The van der Waals surface area contributed by atoms with Crippen LogP contribution in [0.1, 0.15) is 79.8 Å². The Balaban J connectivity index is 1.26. The molecule has 4 aromatic rings. The van der Waals surface area contributed by atoms with Crippen molar-refractivity contribution in [2.24, 2.45) is 0 Å². The lowest BCUT2D eigenvalue weighted by atomic mass is 10.1. The summed E-state index contributed by atoms with van der Waals surface area (Å²) >= 11 is 0. The summed E-state index contributed by atoms with van der Waals surface area (Å²) in [6.07, 6.45) is 10.3. The molecule has 0 spiro atoms. The molecule has 0 fully saturated rings. The van der Waals surface area contributed by atoms with Crippen LogP contribution in [0, 0.1) is 11.8 Å². The number of methoxy groups -OCH3 is 1. The molecule has 206 valence electrons. The van der Waals surface area contributed by atoms with E-state index < -0.39 is 0 Å². The van der Waals surface area contributed by atoms with Gasteiger partial charge in [-0.1, -0.05) is 63.7 Å². The molecule has 0 bridgehead atoms. The predicted octanol–water partition coefficient (Wildman–Crippen LogP) is 8.11. The van der Waals surface area contributed by atoms with Gasteiger partial charge in [0.25, 0.3) is 0 Å². The molecule has 6 nitrogen and oxygen atoms in total. The average Bonchev–Trinajstić information content (AvgIpc) is 3.50. The highest BCUT2D eigenvalue weighted by Gasteiger charge is 2.11. The monoisotopic (exact) mass is 536 g/mol. The van der Waals surface area contributed by atoms with Gasteiger partial charge in [-0.3, -0.25) is 0 Å².